The Balaban J connectivity index is 2.05. The van der Waals surface area contributed by atoms with E-state index in [1.54, 1.807) is 35.5 Å². The number of amides is 1. The van der Waals surface area contributed by atoms with E-state index in [1.807, 2.05) is 16.8 Å². The molecular weight excluding hydrogens is 222 g/mol. The molecule has 3 N–H and O–H groups in total. The fourth-order valence-electron chi connectivity index (χ4n) is 1.47. The van der Waals surface area contributed by atoms with E-state index in [2.05, 4.69) is 4.98 Å². The predicted molar refractivity (Wildman–Crippen MR) is 65.3 cm³/mol. The van der Waals surface area contributed by atoms with E-state index < -0.39 is 0 Å². The van der Waals surface area contributed by atoms with Crippen molar-refractivity contribution in [1.82, 2.24) is 9.88 Å². The summed E-state index contributed by atoms with van der Waals surface area (Å²) in [7, 11) is 1.77. The number of nitrogen functional groups attached to an aromatic ring is 1. The third-order valence-electron chi connectivity index (χ3n) is 2.28. The number of rotatable bonds is 3. The molecule has 2 rings (SSSR count). The Kier molecular flexibility index (Phi) is 2.96. The van der Waals surface area contributed by atoms with Crippen molar-refractivity contribution in [1.29, 1.82) is 0 Å². The highest BCUT2D eigenvalue weighted by atomic mass is 32.1. The van der Waals surface area contributed by atoms with Gasteiger partial charge in [-0.15, -0.1) is 0 Å². The minimum Gasteiger partial charge on any atom is -0.397 e. The zero-order valence-electron chi connectivity index (χ0n) is 8.93. The maximum Gasteiger partial charge on any atom is 0.270 e. The number of carbonyl (C=O) groups excluding carboxylic acids is 1. The lowest BCUT2D eigenvalue weighted by Crippen LogP contribution is -2.26. The van der Waals surface area contributed by atoms with Crippen molar-refractivity contribution in [3.63, 3.8) is 0 Å². The maximum absolute atomic E-state index is 11.9. The molecule has 0 aromatic carbocycles. The summed E-state index contributed by atoms with van der Waals surface area (Å²) in [6, 6.07) is 3.66. The van der Waals surface area contributed by atoms with Crippen LogP contribution in [0.4, 0.5) is 5.69 Å². The standard InChI is InChI=1S/C11H13N3OS/c1-14(6-8-2-3-16-7-8)11(15)10-4-9(12)5-13-10/h2-5,7,13H,6,12H2,1H3. The van der Waals surface area contributed by atoms with E-state index in [9.17, 15) is 4.79 Å². The second-order valence-electron chi connectivity index (χ2n) is 3.64. The Morgan fingerprint density at radius 3 is 3.00 bits per heavy atom. The molecule has 2 heterocycles. The Hall–Kier alpha value is -1.75. The Bertz CT molecular complexity index is 475. The van der Waals surface area contributed by atoms with Gasteiger partial charge in [0.25, 0.3) is 5.91 Å². The molecule has 84 valence electrons. The van der Waals surface area contributed by atoms with Crippen LogP contribution in [0.5, 0.6) is 0 Å². The van der Waals surface area contributed by atoms with Gasteiger partial charge >= 0.3 is 0 Å². The van der Waals surface area contributed by atoms with Crippen LogP contribution in [0.25, 0.3) is 0 Å². The third-order valence-corrected chi connectivity index (χ3v) is 3.01. The topological polar surface area (TPSA) is 62.1 Å². The largest absolute Gasteiger partial charge is 0.397 e. The number of nitrogens with one attached hydrogen (secondary N) is 1. The van der Waals surface area contributed by atoms with Crippen molar-refractivity contribution in [2.45, 2.75) is 6.54 Å². The first-order chi connectivity index (χ1) is 7.66. The SMILES string of the molecule is CN(Cc1ccsc1)C(=O)c1cc(N)c[nH]1. The van der Waals surface area contributed by atoms with Gasteiger partial charge in [-0.25, -0.2) is 0 Å². The number of nitrogens with zero attached hydrogens (tertiary/aromatic N) is 1. The van der Waals surface area contributed by atoms with Crippen molar-refractivity contribution < 1.29 is 4.79 Å². The molecule has 0 atom stereocenters. The fourth-order valence-corrected chi connectivity index (χ4v) is 2.13. The van der Waals surface area contributed by atoms with E-state index in [-0.39, 0.29) is 5.91 Å². The van der Waals surface area contributed by atoms with E-state index >= 15 is 0 Å². The zero-order valence-corrected chi connectivity index (χ0v) is 9.75. The molecule has 0 aliphatic carbocycles. The van der Waals surface area contributed by atoms with Crippen molar-refractivity contribution in [3.8, 4) is 0 Å². The highest BCUT2D eigenvalue weighted by Crippen LogP contribution is 2.12. The Labute approximate surface area is 97.7 Å². The van der Waals surface area contributed by atoms with Crippen LogP contribution in [-0.4, -0.2) is 22.8 Å². The van der Waals surface area contributed by atoms with Crippen LogP contribution in [0.15, 0.2) is 29.1 Å². The summed E-state index contributed by atoms with van der Waals surface area (Å²) in [6.07, 6.45) is 1.62. The van der Waals surface area contributed by atoms with Gasteiger partial charge in [0.1, 0.15) is 5.69 Å². The summed E-state index contributed by atoms with van der Waals surface area (Å²) >= 11 is 1.63. The van der Waals surface area contributed by atoms with E-state index in [4.69, 9.17) is 5.73 Å². The summed E-state index contributed by atoms with van der Waals surface area (Å²) in [5.74, 6) is -0.0529. The molecule has 0 radical (unpaired) electrons. The molecule has 1 amide bonds. The van der Waals surface area contributed by atoms with Gasteiger partial charge < -0.3 is 15.6 Å². The number of hydrogen-bond donors (Lipinski definition) is 2. The van der Waals surface area contributed by atoms with Crippen LogP contribution in [0.1, 0.15) is 16.1 Å². The normalized spacial score (nSPS) is 10.3. The third kappa shape index (κ3) is 2.25. The van der Waals surface area contributed by atoms with Crippen molar-refractivity contribution in [2.24, 2.45) is 0 Å². The van der Waals surface area contributed by atoms with Crippen molar-refractivity contribution in [3.05, 3.63) is 40.3 Å². The lowest BCUT2D eigenvalue weighted by atomic mass is 10.3. The Morgan fingerprint density at radius 1 is 1.62 bits per heavy atom. The minimum absolute atomic E-state index is 0.0529. The molecule has 2 aromatic rings. The zero-order chi connectivity index (χ0) is 11.5. The van der Waals surface area contributed by atoms with Gasteiger partial charge in [-0.05, 0) is 28.5 Å². The molecule has 5 heteroatoms. The summed E-state index contributed by atoms with van der Waals surface area (Å²) < 4.78 is 0. The molecule has 0 saturated carbocycles. The van der Waals surface area contributed by atoms with E-state index in [1.165, 1.54) is 0 Å². The second-order valence-corrected chi connectivity index (χ2v) is 4.42. The van der Waals surface area contributed by atoms with Gasteiger partial charge in [-0.1, -0.05) is 0 Å². The molecule has 0 fully saturated rings. The van der Waals surface area contributed by atoms with Crippen LogP contribution in [0, 0.1) is 0 Å². The average Bonchev–Trinajstić information content (AvgIpc) is 2.88. The summed E-state index contributed by atoms with van der Waals surface area (Å²) in [5.41, 5.74) is 7.79. The highest BCUT2D eigenvalue weighted by Gasteiger charge is 2.13. The minimum atomic E-state index is -0.0529. The van der Waals surface area contributed by atoms with Gasteiger partial charge in [0.15, 0.2) is 0 Å². The second kappa shape index (κ2) is 4.40. The fraction of sp³-hybridized carbons (Fsp3) is 0.182. The number of hydrogen-bond acceptors (Lipinski definition) is 3. The van der Waals surface area contributed by atoms with Crippen LogP contribution < -0.4 is 5.73 Å². The molecule has 0 bridgehead atoms. The lowest BCUT2D eigenvalue weighted by molar-refractivity contribution is 0.0780. The molecule has 0 aliphatic heterocycles. The monoisotopic (exact) mass is 235 g/mol. The van der Waals surface area contributed by atoms with Crippen LogP contribution >= 0.6 is 11.3 Å². The van der Waals surface area contributed by atoms with Crippen LogP contribution in [0.3, 0.4) is 0 Å². The molecule has 4 nitrogen and oxygen atoms in total. The number of carbonyl (C=O) groups is 1. The van der Waals surface area contributed by atoms with Gasteiger partial charge in [0.05, 0.1) is 0 Å². The van der Waals surface area contributed by atoms with Crippen LogP contribution in [0.2, 0.25) is 0 Å². The first kappa shape index (κ1) is 10.8. The van der Waals surface area contributed by atoms with Crippen LogP contribution in [-0.2, 0) is 6.54 Å². The first-order valence-corrected chi connectivity index (χ1v) is 5.81. The van der Waals surface area contributed by atoms with Crippen molar-refractivity contribution in [2.75, 3.05) is 12.8 Å². The lowest BCUT2D eigenvalue weighted by Gasteiger charge is -2.15. The van der Waals surface area contributed by atoms with Crippen molar-refractivity contribution >= 4 is 22.9 Å². The quantitative estimate of drug-likeness (QED) is 0.854. The number of anilines is 1. The van der Waals surface area contributed by atoms with Gasteiger partial charge in [-0.2, -0.15) is 11.3 Å². The van der Waals surface area contributed by atoms with E-state index in [0.29, 0.717) is 17.9 Å². The van der Waals surface area contributed by atoms with Gasteiger partial charge in [0, 0.05) is 25.5 Å². The maximum atomic E-state index is 11.9. The molecule has 0 saturated heterocycles. The van der Waals surface area contributed by atoms with Gasteiger partial charge in [0.2, 0.25) is 0 Å². The summed E-state index contributed by atoms with van der Waals surface area (Å²) in [4.78, 5) is 16.4. The molecule has 16 heavy (non-hydrogen) atoms. The molecular formula is C11H13N3OS. The highest BCUT2D eigenvalue weighted by molar-refractivity contribution is 7.07. The van der Waals surface area contributed by atoms with E-state index in [0.717, 1.165) is 5.56 Å². The number of thiophene rings is 1. The molecule has 0 aliphatic rings. The predicted octanol–water partition coefficient (Wildman–Crippen LogP) is 1.93. The number of aromatic nitrogens is 1. The molecule has 0 spiro atoms. The number of aromatic amines is 1. The number of nitrogens with two attached hydrogens (primary N) is 1. The summed E-state index contributed by atoms with van der Waals surface area (Å²) in [5, 5.41) is 4.03. The molecule has 0 unspecified atom stereocenters. The number of H-pyrrole nitrogens is 1. The average molecular weight is 235 g/mol. The first-order valence-electron chi connectivity index (χ1n) is 4.87. The molecule has 2 aromatic heterocycles. The summed E-state index contributed by atoms with van der Waals surface area (Å²) in [6.45, 7) is 0.612. The Morgan fingerprint density at radius 2 is 2.44 bits per heavy atom. The van der Waals surface area contributed by atoms with Gasteiger partial charge in [-0.3, -0.25) is 4.79 Å². The smallest absolute Gasteiger partial charge is 0.270 e.